The maximum Gasteiger partial charge on any atom is 0.227 e. The SMILES string of the molecule is COc1ccc(C(=O)C[n+]2ccc(N(C)C)cc2)cc1.[Br-]. The van der Waals surface area contributed by atoms with E-state index < -0.39 is 0 Å². The first-order valence-electron chi connectivity index (χ1n) is 6.44. The van der Waals surface area contributed by atoms with Crippen LogP contribution in [0.2, 0.25) is 0 Å². The Morgan fingerprint density at radius 1 is 1.10 bits per heavy atom. The van der Waals surface area contributed by atoms with E-state index in [9.17, 15) is 4.79 Å². The Hall–Kier alpha value is -1.88. The molecule has 5 heteroatoms. The predicted octanol–water partition coefficient (Wildman–Crippen LogP) is -1.06. The minimum Gasteiger partial charge on any atom is -1.00 e. The summed E-state index contributed by atoms with van der Waals surface area (Å²) in [5.41, 5.74) is 1.80. The number of aromatic nitrogens is 1. The highest BCUT2D eigenvalue weighted by molar-refractivity contribution is 5.95. The van der Waals surface area contributed by atoms with Crippen LogP contribution in [0, 0.1) is 0 Å². The molecule has 4 nitrogen and oxygen atoms in total. The molecule has 0 aliphatic heterocycles. The number of hydrogen-bond acceptors (Lipinski definition) is 3. The summed E-state index contributed by atoms with van der Waals surface area (Å²) >= 11 is 0. The van der Waals surface area contributed by atoms with Crippen LogP contribution >= 0.6 is 0 Å². The van der Waals surface area contributed by atoms with E-state index in [0.29, 0.717) is 12.1 Å². The quantitative estimate of drug-likeness (QED) is 0.509. The highest BCUT2D eigenvalue weighted by Gasteiger charge is 2.12. The van der Waals surface area contributed by atoms with Crippen molar-refractivity contribution in [2.75, 3.05) is 26.1 Å². The van der Waals surface area contributed by atoms with E-state index >= 15 is 0 Å². The number of nitrogens with zero attached hydrogens (tertiary/aromatic N) is 2. The monoisotopic (exact) mass is 350 g/mol. The van der Waals surface area contributed by atoms with E-state index in [0.717, 1.165) is 11.4 Å². The molecule has 21 heavy (non-hydrogen) atoms. The van der Waals surface area contributed by atoms with Gasteiger partial charge in [0, 0.05) is 37.5 Å². The number of hydrogen-bond donors (Lipinski definition) is 0. The van der Waals surface area contributed by atoms with Crippen LogP contribution in [0.3, 0.4) is 0 Å². The zero-order valence-electron chi connectivity index (χ0n) is 12.4. The Morgan fingerprint density at radius 3 is 2.14 bits per heavy atom. The predicted molar refractivity (Wildman–Crippen MR) is 78.3 cm³/mol. The van der Waals surface area contributed by atoms with Gasteiger partial charge >= 0.3 is 0 Å². The normalized spacial score (nSPS) is 9.67. The maximum absolute atomic E-state index is 12.2. The third-order valence-corrected chi connectivity index (χ3v) is 3.13. The number of ether oxygens (including phenoxy) is 1. The van der Waals surface area contributed by atoms with Crippen LogP contribution in [-0.2, 0) is 6.54 Å². The first-order chi connectivity index (χ1) is 9.60. The van der Waals surface area contributed by atoms with Crippen molar-refractivity contribution in [3.63, 3.8) is 0 Å². The number of ketones is 1. The molecule has 1 aromatic carbocycles. The van der Waals surface area contributed by atoms with E-state index in [2.05, 4.69) is 0 Å². The average molecular weight is 351 g/mol. The average Bonchev–Trinajstić information content (AvgIpc) is 2.48. The molecule has 1 aromatic heterocycles. The molecule has 0 unspecified atom stereocenters. The van der Waals surface area contributed by atoms with Crippen molar-refractivity contribution in [3.8, 4) is 5.75 Å². The van der Waals surface area contributed by atoms with E-state index in [1.165, 1.54) is 0 Å². The van der Waals surface area contributed by atoms with Gasteiger partial charge in [-0.25, -0.2) is 0 Å². The lowest BCUT2D eigenvalue weighted by atomic mass is 10.1. The molecule has 0 spiro atoms. The topological polar surface area (TPSA) is 33.4 Å². The van der Waals surface area contributed by atoms with Gasteiger partial charge in [0.05, 0.1) is 7.11 Å². The molecule has 0 N–H and O–H groups in total. The van der Waals surface area contributed by atoms with Gasteiger partial charge in [0.1, 0.15) is 5.75 Å². The molecule has 0 aliphatic rings. The summed E-state index contributed by atoms with van der Waals surface area (Å²) in [6.07, 6.45) is 3.83. The molecule has 0 radical (unpaired) electrons. The second kappa shape index (κ2) is 7.78. The van der Waals surface area contributed by atoms with Crippen molar-refractivity contribution in [2.24, 2.45) is 0 Å². The fourth-order valence-corrected chi connectivity index (χ4v) is 1.89. The van der Waals surface area contributed by atoms with Crippen molar-refractivity contribution in [1.82, 2.24) is 0 Å². The molecule has 0 aliphatic carbocycles. The number of benzene rings is 1. The number of anilines is 1. The van der Waals surface area contributed by atoms with Crippen LogP contribution in [0.15, 0.2) is 48.8 Å². The van der Waals surface area contributed by atoms with Gasteiger partial charge in [-0.3, -0.25) is 4.79 Å². The summed E-state index contributed by atoms with van der Waals surface area (Å²) in [7, 11) is 5.59. The molecule has 2 rings (SSSR count). The maximum atomic E-state index is 12.2. The molecule has 112 valence electrons. The van der Waals surface area contributed by atoms with E-state index in [1.807, 2.05) is 48.1 Å². The molecular formula is C16H19BrN2O2. The Bertz CT molecular complexity index is 580. The van der Waals surface area contributed by atoms with Gasteiger partial charge < -0.3 is 26.6 Å². The van der Waals surface area contributed by atoms with Gasteiger partial charge in [0.25, 0.3) is 0 Å². The second-order valence-corrected chi connectivity index (χ2v) is 4.77. The van der Waals surface area contributed by atoms with Crippen molar-refractivity contribution < 1.29 is 31.1 Å². The Morgan fingerprint density at radius 2 is 1.67 bits per heavy atom. The molecular weight excluding hydrogens is 332 g/mol. The van der Waals surface area contributed by atoms with Crippen LogP contribution in [0.5, 0.6) is 5.75 Å². The lowest BCUT2D eigenvalue weighted by Gasteiger charge is -2.10. The van der Waals surface area contributed by atoms with Crippen LogP contribution in [0.1, 0.15) is 10.4 Å². The third kappa shape index (κ3) is 4.56. The van der Waals surface area contributed by atoms with E-state index in [4.69, 9.17) is 4.74 Å². The van der Waals surface area contributed by atoms with Gasteiger partial charge in [-0.15, -0.1) is 0 Å². The van der Waals surface area contributed by atoms with Gasteiger partial charge in [0.2, 0.25) is 12.3 Å². The number of pyridine rings is 1. The number of carbonyl (C=O) groups excluding carboxylic acids is 1. The number of rotatable bonds is 5. The summed E-state index contributed by atoms with van der Waals surface area (Å²) in [6.45, 7) is 0.333. The second-order valence-electron chi connectivity index (χ2n) is 4.77. The van der Waals surface area contributed by atoms with Gasteiger partial charge in [-0.2, -0.15) is 4.57 Å². The number of carbonyl (C=O) groups is 1. The van der Waals surface area contributed by atoms with Gasteiger partial charge in [0.15, 0.2) is 12.4 Å². The zero-order valence-corrected chi connectivity index (χ0v) is 14.0. The number of Topliss-reactive ketones (excluding diaryl/α,β-unsaturated/α-hetero) is 1. The first kappa shape index (κ1) is 17.2. The van der Waals surface area contributed by atoms with Crippen molar-refractivity contribution in [3.05, 3.63) is 54.4 Å². The first-order valence-corrected chi connectivity index (χ1v) is 6.44. The molecule has 1 heterocycles. The third-order valence-electron chi connectivity index (χ3n) is 3.13. The van der Waals surface area contributed by atoms with Crippen molar-refractivity contribution in [2.45, 2.75) is 6.54 Å². The smallest absolute Gasteiger partial charge is 0.227 e. The van der Waals surface area contributed by atoms with E-state index in [1.54, 1.807) is 31.4 Å². The molecule has 0 saturated heterocycles. The Kier molecular flexibility index (Phi) is 6.37. The lowest BCUT2D eigenvalue weighted by Crippen LogP contribution is -3.00. The Balaban J connectivity index is 0.00000220. The van der Waals surface area contributed by atoms with Crippen LogP contribution in [0.25, 0.3) is 0 Å². The fourth-order valence-electron chi connectivity index (χ4n) is 1.89. The molecule has 0 saturated carbocycles. The summed E-state index contributed by atoms with van der Waals surface area (Å²) in [6, 6.07) is 11.1. The summed E-state index contributed by atoms with van der Waals surface area (Å²) in [5.74, 6) is 0.833. The van der Waals surface area contributed by atoms with Crippen molar-refractivity contribution in [1.29, 1.82) is 0 Å². The van der Waals surface area contributed by atoms with Gasteiger partial charge in [-0.1, -0.05) is 0 Å². The zero-order chi connectivity index (χ0) is 14.5. The number of halogens is 1. The molecule has 2 aromatic rings. The standard InChI is InChI=1S/C16H19N2O2.BrH/c1-17(2)14-8-10-18(11-9-14)12-16(19)13-4-6-15(20-3)7-5-13;/h4-11H,12H2,1-3H3;1H/q+1;/p-1. The highest BCUT2D eigenvalue weighted by atomic mass is 79.9. The van der Waals surface area contributed by atoms with Crippen LogP contribution in [0.4, 0.5) is 5.69 Å². The largest absolute Gasteiger partial charge is 1.00 e. The highest BCUT2D eigenvalue weighted by Crippen LogP contribution is 2.12. The van der Waals surface area contributed by atoms with Crippen molar-refractivity contribution >= 4 is 11.5 Å². The molecule has 0 fully saturated rings. The molecule has 0 bridgehead atoms. The fraction of sp³-hybridized carbons (Fsp3) is 0.250. The molecule has 0 amide bonds. The molecule has 0 atom stereocenters. The van der Waals surface area contributed by atoms with Crippen LogP contribution in [-0.4, -0.2) is 27.0 Å². The van der Waals surface area contributed by atoms with Crippen LogP contribution < -0.4 is 31.2 Å². The summed E-state index contributed by atoms with van der Waals surface area (Å²) in [5, 5.41) is 0. The summed E-state index contributed by atoms with van der Waals surface area (Å²) < 4.78 is 6.96. The van der Waals surface area contributed by atoms with E-state index in [-0.39, 0.29) is 22.8 Å². The minimum absolute atomic E-state index is 0. The number of methoxy groups -OCH3 is 1. The minimum atomic E-state index is 0. The van der Waals surface area contributed by atoms with Gasteiger partial charge in [-0.05, 0) is 24.3 Å². The summed E-state index contributed by atoms with van der Waals surface area (Å²) in [4.78, 5) is 14.2. The lowest BCUT2D eigenvalue weighted by molar-refractivity contribution is -0.683. The Labute approximate surface area is 135 Å².